The van der Waals surface area contributed by atoms with Gasteiger partial charge in [-0.25, -0.2) is 0 Å². The summed E-state index contributed by atoms with van der Waals surface area (Å²) >= 11 is -1.04. The van der Waals surface area contributed by atoms with Crippen LogP contribution in [-0.2, 0) is 11.2 Å². The van der Waals surface area contributed by atoms with Crippen molar-refractivity contribution in [2.75, 3.05) is 5.75 Å². The highest BCUT2D eigenvalue weighted by Gasteiger charge is 2.16. The Bertz CT molecular complexity index is 237. The van der Waals surface area contributed by atoms with Crippen molar-refractivity contribution < 1.29 is 8.97 Å². The zero-order valence-corrected chi connectivity index (χ0v) is 8.19. The van der Waals surface area contributed by atoms with Gasteiger partial charge in [0.1, 0.15) is 12.0 Å². The highest BCUT2D eigenvalue weighted by molar-refractivity contribution is 7.91. The molecule has 0 saturated carbocycles. The molecule has 0 aromatic carbocycles. The van der Waals surface area contributed by atoms with Gasteiger partial charge < -0.3 is 8.97 Å². The Balaban J connectivity index is 2.47. The predicted molar refractivity (Wildman–Crippen MR) is 47.4 cm³/mol. The maximum Gasteiger partial charge on any atom is 0.415 e. The quantitative estimate of drug-likeness (QED) is 0.676. The summed E-state index contributed by atoms with van der Waals surface area (Å²) in [4.78, 5) is 4.00. The maximum atomic E-state index is 11.4. The van der Waals surface area contributed by atoms with Crippen molar-refractivity contribution in [2.24, 2.45) is 0 Å². The first-order valence-electron chi connectivity index (χ1n) is 4.04. The van der Waals surface area contributed by atoms with Crippen LogP contribution in [0.2, 0.25) is 0 Å². The molecule has 0 spiro atoms. The molecular weight excluding hydrogens is 174 g/mol. The van der Waals surface area contributed by atoms with E-state index in [-0.39, 0.29) is 0 Å². The number of hydrogen-bond donors (Lipinski definition) is 0. The fourth-order valence-electron chi connectivity index (χ4n) is 0.800. The molecule has 1 heterocycles. The zero-order chi connectivity index (χ0) is 8.97. The van der Waals surface area contributed by atoms with Gasteiger partial charge in [0.25, 0.3) is 0 Å². The van der Waals surface area contributed by atoms with Crippen LogP contribution in [0.15, 0.2) is 15.9 Å². The third kappa shape index (κ3) is 2.53. The molecule has 0 saturated heterocycles. The molecule has 68 valence electrons. The van der Waals surface area contributed by atoms with Crippen LogP contribution in [0.4, 0.5) is 0 Å². The van der Waals surface area contributed by atoms with E-state index in [0.29, 0.717) is 11.0 Å². The van der Waals surface area contributed by atoms with Gasteiger partial charge in [0.05, 0.1) is 5.69 Å². The summed E-state index contributed by atoms with van der Waals surface area (Å²) in [5, 5.41) is 0.362. The SMILES string of the molecule is CCCC[S+]([O-])c1nc(C)co1. The minimum Gasteiger partial charge on any atom is -0.608 e. The van der Waals surface area contributed by atoms with E-state index in [1.807, 2.05) is 6.92 Å². The second kappa shape index (κ2) is 4.52. The van der Waals surface area contributed by atoms with E-state index < -0.39 is 11.2 Å². The van der Waals surface area contributed by atoms with E-state index in [2.05, 4.69) is 11.9 Å². The predicted octanol–water partition coefficient (Wildman–Crippen LogP) is 1.89. The second-order valence-corrected chi connectivity index (χ2v) is 4.11. The average Bonchev–Trinajstić information content (AvgIpc) is 2.47. The Hall–Kier alpha value is -0.480. The molecule has 1 unspecified atom stereocenters. The molecule has 0 amide bonds. The molecule has 0 N–H and O–H groups in total. The molecule has 3 nitrogen and oxygen atoms in total. The first-order chi connectivity index (χ1) is 5.74. The molecular formula is C8H13NO2S. The molecule has 12 heavy (non-hydrogen) atoms. The van der Waals surface area contributed by atoms with E-state index in [4.69, 9.17) is 4.42 Å². The third-order valence-corrected chi connectivity index (χ3v) is 2.71. The lowest BCUT2D eigenvalue weighted by atomic mass is 10.4. The van der Waals surface area contributed by atoms with Crippen LogP contribution in [-0.4, -0.2) is 15.3 Å². The summed E-state index contributed by atoms with van der Waals surface area (Å²) in [7, 11) is 0. The molecule has 1 aromatic rings. The fraction of sp³-hybridized carbons (Fsp3) is 0.625. The van der Waals surface area contributed by atoms with Crippen molar-refractivity contribution in [3.8, 4) is 0 Å². The van der Waals surface area contributed by atoms with E-state index in [1.165, 1.54) is 6.26 Å². The Morgan fingerprint density at radius 3 is 2.92 bits per heavy atom. The molecule has 0 aliphatic heterocycles. The molecule has 1 atom stereocenters. The van der Waals surface area contributed by atoms with Crippen LogP contribution in [0.25, 0.3) is 0 Å². The molecule has 0 aliphatic carbocycles. The van der Waals surface area contributed by atoms with Gasteiger partial charge >= 0.3 is 5.22 Å². The van der Waals surface area contributed by atoms with Gasteiger partial charge in [0.15, 0.2) is 0 Å². The number of oxazole rings is 1. The van der Waals surface area contributed by atoms with Gasteiger partial charge in [0, 0.05) is 11.2 Å². The van der Waals surface area contributed by atoms with Crippen LogP contribution in [0, 0.1) is 6.92 Å². The lowest BCUT2D eigenvalue weighted by molar-refractivity contribution is 0.429. The second-order valence-electron chi connectivity index (χ2n) is 2.66. The maximum absolute atomic E-state index is 11.4. The number of unbranched alkanes of at least 4 members (excludes halogenated alkanes) is 1. The standard InChI is InChI=1S/C8H13NO2S/c1-3-4-5-12(10)8-9-7(2)6-11-8/h6H,3-5H2,1-2H3. The van der Waals surface area contributed by atoms with Crippen molar-refractivity contribution in [1.82, 2.24) is 4.98 Å². The smallest absolute Gasteiger partial charge is 0.415 e. The number of aryl methyl sites for hydroxylation is 1. The topological polar surface area (TPSA) is 49.1 Å². The first-order valence-corrected chi connectivity index (χ1v) is 5.36. The molecule has 0 radical (unpaired) electrons. The van der Waals surface area contributed by atoms with Crippen LogP contribution in [0.3, 0.4) is 0 Å². The molecule has 1 aromatic heterocycles. The molecule has 0 bridgehead atoms. The normalized spacial score (nSPS) is 13.2. The molecule has 1 rings (SSSR count). The van der Waals surface area contributed by atoms with Crippen LogP contribution in [0.1, 0.15) is 25.5 Å². The molecule has 0 aliphatic rings. The monoisotopic (exact) mass is 187 g/mol. The van der Waals surface area contributed by atoms with Crippen LogP contribution < -0.4 is 0 Å². The Morgan fingerprint density at radius 1 is 1.67 bits per heavy atom. The van der Waals surface area contributed by atoms with Crippen molar-refractivity contribution in [3.05, 3.63) is 12.0 Å². The van der Waals surface area contributed by atoms with Crippen LogP contribution in [0.5, 0.6) is 0 Å². The van der Waals surface area contributed by atoms with Crippen molar-refractivity contribution >= 4 is 11.2 Å². The summed E-state index contributed by atoms with van der Waals surface area (Å²) in [6.07, 6.45) is 3.53. The fourth-order valence-corrected chi connectivity index (χ4v) is 1.93. The summed E-state index contributed by atoms with van der Waals surface area (Å²) in [6.45, 7) is 3.89. The van der Waals surface area contributed by atoms with Gasteiger partial charge in [0.2, 0.25) is 0 Å². The van der Waals surface area contributed by atoms with Gasteiger partial charge in [-0.15, -0.1) is 0 Å². The number of nitrogens with zero attached hydrogens (tertiary/aromatic N) is 1. The first kappa shape index (κ1) is 9.61. The number of aromatic nitrogens is 1. The largest absolute Gasteiger partial charge is 0.608 e. The Kier molecular flexibility index (Phi) is 3.62. The van der Waals surface area contributed by atoms with E-state index in [9.17, 15) is 4.55 Å². The lowest BCUT2D eigenvalue weighted by Crippen LogP contribution is -2.06. The van der Waals surface area contributed by atoms with Gasteiger partial charge in [-0.3, -0.25) is 0 Å². The van der Waals surface area contributed by atoms with E-state index in [1.54, 1.807) is 0 Å². The number of hydrogen-bond acceptors (Lipinski definition) is 3. The van der Waals surface area contributed by atoms with Gasteiger partial charge in [-0.05, 0) is 13.3 Å². The highest BCUT2D eigenvalue weighted by atomic mass is 32.2. The summed E-state index contributed by atoms with van der Waals surface area (Å²) in [5.74, 6) is 0.649. The summed E-state index contributed by atoms with van der Waals surface area (Å²) in [6, 6.07) is 0. The van der Waals surface area contributed by atoms with Crippen molar-refractivity contribution in [3.63, 3.8) is 0 Å². The average molecular weight is 187 g/mol. The summed E-state index contributed by atoms with van der Waals surface area (Å²) < 4.78 is 16.4. The van der Waals surface area contributed by atoms with Crippen molar-refractivity contribution in [1.29, 1.82) is 0 Å². The van der Waals surface area contributed by atoms with Gasteiger partial charge in [-0.2, -0.15) is 4.98 Å². The van der Waals surface area contributed by atoms with Gasteiger partial charge in [-0.1, -0.05) is 13.3 Å². The highest BCUT2D eigenvalue weighted by Crippen LogP contribution is 2.11. The Morgan fingerprint density at radius 2 is 2.42 bits per heavy atom. The number of rotatable bonds is 4. The van der Waals surface area contributed by atoms with E-state index in [0.717, 1.165) is 18.5 Å². The zero-order valence-electron chi connectivity index (χ0n) is 7.37. The van der Waals surface area contributed by atoms with Crippen LogP contribution >= 0.6 is 0 Å². The lowest BCUT2D eigenvalue weighted by Gasteiger charge is -2.03. The minimum absolute atomic E-state index is 0.362. The summed E-state index contributed by atoms with van der Waals surface area (Å²) in [5.41, 5.74) is 0.787. The minimum atomic E-state index is -1.04. The van der Waals surface area contributed by atoms with E-state index >= 15 is 0 Å². The van der Waals surface area contributed by atoms with Crippen molar-refractivity contribution in [2.45, 2.75) is 31.9 Å². The Labute approximate surface area is 75.4 Å². The molecule has 4 heteroatoms. The molecule has 0 fully saturated rings. The third-order valence-electron chi connectivity index (χ3n) is 1.48.